The van der Waals surface area contributed by atoms with Gasteiger partial charge in [0, 0.05) is 12.2 Å². The monoisotopic (exact) mass is 387 g/mol. The first kappa shape index (κ1) is 24.3. The van der Waals surface area contributed by atoms with Gasteiger partial charge in [-0.3, -0.25) is 4.79 Å². The number of carbonyl (C=O) groups excluding carboxylic acids is 1. The molecule has 0 spiro atoms. The van der Waals surface area contributed by atoms with Crippen LogP contribution in [-0.4, -0.2) is 19.1 Å². The van der Waals surface area contributed by atoms with E-state index in [0.29, 0.717) is 13.0 Å². The van der Waals surface area contributed by atoms with E-state index in [0.717, 1.165) is 30.6 Å². The predicted molar refractivity (Wildman–Crippen MR) is 121 cm³/mol. The Morgan fingerprint density at radius 1 is 0.857 bits per heavy atom. The van der Waals surface area contributed by atoms with Crippen LogP contribution in [0.3, 0.4) is 0 Å². The summed E-state index contributed by atoms with van der Waals surface area (Å²) >= 11 is 0. The van der Waals surface area contributed by atoms with E-state index in [4.69, 9.17) is 4.74 Å². The number of esters is 1. The van der Waals surface area contributed by atoms with Gasteiger partial charge in [-0.15, -0.1) is 0 Å². The number of hydrogen-bond donors (Lipinski definition) is 1. The third-order valence-corrected chi connectivity index (χ3v) is 4.88. The Hall–Kier alpha value is -1.77. The van der Waals surface area contributed by atoms with E-state index in [1.807, 2.05) is 31.2 Å². The van der Waals surface area contributed by atoms with Crippen molar-refractivity contribution < 1.29 is 9.53 Å². The number of benzene rings is 1. The number of nitrogens with one attached hydrogen (secondary N) is 1. The molecule has 0 unspecified atom stereocenters. The summed E-state index contributed by atoms with van der Waals surface area (Å²) in [6.45, 7) is 5.51. The molecule has 0 aliphatic carbocycles. The number of allylic oxidation sites excluding steroid dienone is 2. The fraction of sp³-hybridized carbons (Fsp3) is 0.640. The van der Waals surface area contributed by atoms with Gasteiger partial charge in [-0.25, -0.2) is 0 Å². The summed E-state index contributed by atoms with van der Waals surface area (Å²) in [6, 6.07) is 8.05. The second kappa shape index (κ2) is 17.3. The van der Waals surface area contributed by atoms with Crippen molar-refractivity contribution in [1.82, 2.24) is 0 Å². The summed E-state index contributed by atoms with van der Waals surface area (Å²) < 4.78 is 4.97. The van der Waals surface area contributed by atoms with E-state index in [9.17, 15) is 4.79 Å². The van der Waals surface area contributed by atoms with E-state index in [2.05, 4.69) is 24.4 Å². The van der Waals surface area contributed by atoms with Crippen LogP contribution in [0.5, 0.6) is 0 Å². The molecule has 28 heavy (non-hydrogen) atoms. The van der Waals surface area contributed by atoms with Crippen molar-refractivity contribution in [2.45, 2.75) is 90.9 Å². The molecule has 0 fully saturated rings. The zero-order valence-electron chi connectivity index (χ0n) is 18.2. The molecule has 1 aromatic rings. The molecule has 0 amide bonds. The molecule has 1 aromatic carbocycles. The van der Waals surface area contributed by atoms with Gasteiger partial charge in [0.15, 0.2) is 0 Å². The summed E-state index contributed by atoms with van der Waals surface area (Å²) in [5.41, 5.74) is 2.10. The highest BCUT2D eigenvalue weighted by molar-refractivity contribution is 5.72. The normalized spacial score (nSPS) is 11.1. The maximum absolute atomic E-state index is 11.5. The molecule has 0 atom stereocenters. The fourth-order valence-electron chi connectivity index (χ4n) is 3.20. The average molecular weight is 388 g/mol. The van der Waals surface area contributed by atoms with Gasteiger partial charge in [0.25, 0.3) is 0 Å². The molecule has 0 aromatic heterocycles. The topological polar surface area (TPSA) is 38.3 Å². The molecule has 0 saturated carbocycles. The third-order valence-electron chi connectivity index (χ3n) is 4.88. The highest BCUT2D eigenvalue weighted by Crippen LogP contribution is 2.12. The molecule has 3 nitrogen and oxygen atoms in total. The first-order chi connectivity index (χ1) is 13.8. The van der Waals surface area contributed by atoms with Gasteiger partial charge in [-0.1, -0.05) is 76.2 Å². The van der Waals surface area contributed by atoms with Crippen molar-refractivity contribution in [2.24, 2.45) is 0 Å². The zero-order valence-corrected chi connectivity index (χ0v) is 18.2. The second-order valence-electron chi connectivity index (χ2n) is 7.48. The first-order valence-corrected chi connectivity index (χ1v) is 11.4. The number of hydrogen-bond acceptors (Lipinski definition) is 3. The molecular formula is C25H41NO2. The summed E-state index contributed by atoms with van der Waals surface area (Å²) in [7, 11) is 0. The standard InChI is InChI=1S/C25H41NO2/c1-3-5-6-7-8-9-10-11-12-13-14-15-16-21-26-24-19-17-23(18-20-24)22-25(27)28-4-2/h13-14,17-20,26H,3-12,15-16,21-22H2,1-2H3. The van der Waals surface area contributed by atoms with Crippen molar-refractivity contribution in [1.29, 1.82) is 0 Å². The van der Waals surface area contributed by atoms with Crippen molar-refractivity contribution in [3.05, 3.63) is 42.0 Å². The SMILES string of the molecule is CCCCCCCCCCC=CCCCNc1ccc(CC(=O)OCC)cc1. The van der Waals surface area contributed by atoms with Crippen LogP contribution in [0.1, 0.15) is 90.0 Å². The van der Waals surface area contributed by atoms with Gasteiger partial charge < -0.3 is 10.1 Å². The molecule has 0 aliphatic heterocycles. The van der Waals surface area contributed by atoms with Gasteiger partial charge in [-0.2, -0.15) is 0 Å². The van der Waals surface area contributed by atoms with Crippen LogP contribution < -0.4 is 5.32 Å². The van der Waals surface area contributed by atoms with E-state index in [1.54, 1.807) is 0 Å². The molecule has 0 saturated heterocycles. The third kappa shape index (κ3) is 13.4. The molecule has 3 heteroatoms. The Bertz CT molecular complexity index is 522. The Kier molecular flexibility index (Phi) is 15.0. The minimum absolute atomic E-state index is 0.165. The van der Waals surface area contributed by atoms with Crippen LogP contribution in [0.25, 0.3) is 0 Å². The van der Waals surface area contributed by atoms with Crippen molar-refractivity contribution in [2.75, 3.05) is 18.5 Å². The van der Waals surface area contributed by atoms with Gasteiger partial charge in [-0.05, 0) is 50.3 Å². The predicted octanol–water partition coefficient (Wildman–Crippen LogP) is 7.07. The molecule has 158 valence electrons. The maximum atomic E-state index is 11.5. The van der Waals surface area contributed by atoms with E-state index >= 15 is 0 Å². The molecule has 1 N–H and O–H groups in total. The summed E-state index contributed by atoms with van der Waals surface area (Å²) in [5, 5.41) is 3.44. The van der Waals surface area contributed by atoms with Gasteiger partial charge in [0.2, 0.25) is 0 Å². The van der Waals surface area contributed by atoms with Crippen LogP contribution in [0, 0.1) is 0 Å². The highest BCUT2D eigenvalue weighted by atomic mass is 16.5. The minimum Gasteiger partial charge on any atom is -0.466 e. The molecule has 0 radical (unpaired) electrons. The maximum Gasteiger partial charge on any atom is 0.310 e. The van der Waals surface area contributed by atoms with Crippen molar-refractivity contribution in [3.63, 3.8) is 0 Å². The van der Waals surface area contributed by atoms with E-state index in [1.165, 1.54) is 57.8 Å². The Balaban J connectivity index is 1.98. The average Bonchev–Trinajstić information content (AvgIpc) is 2.69. The quantitative estimate of drug-likeness (QED) is 0.176. The fourth-order valence-corrected chi connectivity index (χ4v) is 3.20. The number of ether oxygens (including phenoxy) is 1. The van der Waals surface area contributed by atoms with Crippen LogP contribution >= 0.6 is 0 Å². The molecule has 0 bridgehead atoms. The van der Waals surface area contributed by atoms with E-state index < -0.39 is 0 Å². The van der Waals surface area contributed by atoms with Gasteiger partial charge in [0.05, 0.1) is 13.0 Å². The van der Waals surface area contributed by atoms with Crippen molar-refractivity contribution >= 4 is 11.7 Å². The smallest absolute Gasteiger partial charge is 0.310 e. The van der Waals surface area contributed by atoms with Crippen LogP contribution in [-0.2, 0) is 16.0 Å². The highest BCUT2D eigenvalue weighted by Gasteiger charge is 2.03. The van der Waals surface area contributed by atoms with Gasteiger partial charge in [0.1, 0.15) is 0 Å². The Morgan fingerprint density at radius 2 is 1.46 bits per heavy atom. The Labute approximate surface area is 173 Å². The van der Waals surface area contributed by atoms with Gasteiger partial charge >= 0.3 is 5.97 Å². The summed E-state index contributed by atoms with van der Waals surface area (Å²) in [4.78, 5) is 11.5. The number of anilines is 1. The number of rotatable bonds is 17. The van der Waals surface area contributed by atoms with Crippen LogP contribution in [0.15, 0.2) is 36.4 Å². The largest absolute Gasteiger partial charge is 0.466 e. The Morgan fingerprint density at radius 3 is 2.11 bits per heavy atom. The minimum atomic E-state index is -0.165. The second-order valence-corrected chi connectivity index (χ2v) is 7.48. The van der Waals surface area contributed by atoms with Crippen LogP contribution in [0.2, 0.25) is 0 Å². The lowest BCUT2D eigenvalue weighted by molar-refractivity contribution is -0.142. The number of carbonyl (C=O) groups is 1. The summed E-state index contributed by atoms with van der Waals surface area (Å²) in [6.07, 6.45) is 19.6. The summed E-state index contributed by atoms with van der Waals surface area (Å²) in [5.74, 6) is -0.165. The molecular weight excluding hydrogens is 346 g/mol. The number of unbranched alkanes of at least 4 members (excludes halogenated alkanes) is 9. The lowest BCUT2D eigenvalue weighted by Crippen LogP contribution is -2.07. The lowest BCUT2D eigenvalue weighted by atomic mass is 10.1. The first-order valence-electron chi connectivity index (χ1n) is 11.4. The van der Waals surface area contributed by atoms with Crippen LogP contribution in [0.4, 0.5) is 5.69 Å². The molecule has 0 aliphatic rings. The molecule has 0 heterocycles. The molecule has 1 rings (SSSR count). The zero-order chi connectivity index (χ0) is 20.3. The lowest BCUT2D eigenvalue weighted by Gasteiger charge is -2.07. The van der Waals surface area contributed by atoms with Crippen molar-refractivity contribution in [3.8, 4) is 0 Å². The van der Waals surface area contributed by atoms with E-state index in [-0.39, 0.29) is 5.97 Å².